The zero-order valence-electron chi connectivity index (χ0n) is 19.5. The van der Waals surface area contributed by atoms with E-state index in [0.29, 0.717) is 28.5 Å². The molecule has 2 amide bonds. The molecule has 0 fully saturated rings. The molecule has 0 bridgehead atoms. The number of furan rings is 1. The first-order chi connectivity index (χ1) is 17.6. The van der Waals surface area contributed by atoms with E-state index in [1.54, 1.807) is 30.3 Å². The predicted molar refractivity (Wildman–Crippen MR) is 130 cm³/mol. The van der Waals surface area contributed by atoms with E-state index < -0.39 is 23.6 Å². The Morgan fingerprint density at radius 2 is 1.78 bits per heavy atom. The first-order valence-electron chi connectivity index (χ1n) is 11.3. The van der Waals surface area contributed by atoms with Crippen LogP contribution in [0.2, 0.25) is 0 Å². The van der Waals surface area contributed by atoms with Crippen LogP contribution in [0, 0.1) is 0 Å². The average molecular weight is 512 g/mol. The number of aryl methyl sites for hydroxylation is 2. The van der Waals surface area contributed by atoms with Gasteiger partial charge in [0.1, 0.15) is 23.7 Å². The third-order valence-corrected chi connectivity index (χ3v) is 5.71. The summed E-state index contributed by atoms with van der Waals surface area (Å²) in [6, 6.07) is 16.2. The van der Waals surface area contributed by atoms with E-state index in [4.69, 9.17) is 14.9 Å². The molecule has 10 heteroatoms. The minimum atomic E-state index is -4.44. The molecule has 0 radical (unpaired) electrons. The molecular formula is C27H23F3N2O5. The van der Waals surface area contributed by atoms with Gasteiger partial charge in [0.15, 0.2) is 5.76 Å². The Hall–Kier alpha value is -4.47. The van der Waals surface area contributed by atoms with Crippen LogP contribution in [0.5, 0.6) is 11.5 Å². The molecule has 0 spiro atoms. The molecule has 7 nitrogen and oxygen atoms in total. The zero-order valence-corrected chi connectivity index (χ0v) is 19.5. The molecule has 0 saturated carbocycles. The van der Waals surface area contributed by atoms with Crippen molar-refractivity contribution < 1.29 is 37.0 Å². The number of fused-ring (bicyclic) bond motifs is 1. The van der Waals surface area contributed by atoms with Gasteiger partial charge in [-0.15, -0.1) is 0 Å². The number of hydrogen-bond acceptors (Lipinski definition) is 5. The second kappa shape index (κ2) is 10.7. The predicted octanol–water partition coefficient (Wildman–Crippen LogP) is 4.85. The second-order valence-corrected chi connectivity index (χ2v) is 8.25. The molecule has 4 N–H and O–H groups in total. The monoisotopic (exact) mass is 512 g/mol. The fraction of sp³-hybridized carbons (Fsp3) is 0.185. The number of carbonyl (C=O) groups is 2. The summed E-state index contributed by atoms with van der Waals surface area (Å²) in [6.07, 6.45) is -3.86. The number of phenols is 1. The first kappa shape index (κ1) is 25.6. The molecule has 0 saturated heterocycles. The van der Waals surface area contributed by atoms with E-state index >= 15 is 0 Å². The quantitative estimate of drug-likeness (QED) is 0.278. The molecule has 4 rings (SSSR count). The highest BCUT2D eigenvalue weighted by molar-refractivity contribution is 5.99. The molecule has 0 aliphatic rings. The van der Waals surface area contributed by atoms with Crippen LogP contribution >= 0.6 is 0 Å². The summed E-state index contributed by atoms with van der Waals surface area (Å²) < 4.78 is 50.5. The maximum absolute atomic E-state index is 13.1. The zero-order chi connectivity index (χ0) is 26.6. The van der Waals surface area contributed by atoms with E-state index in [-0.39, 0.29) is 42.4 Å². The van der Waals surface area contributed by atoms with Crippen molar-refractivity contribution in [2.45, 2.75) is 19.0 Å². The van der Waals surface area contributed by atoms with Gasteiger partial charge < -0.3 is 25.3 Å². The summed E-state index contributed by atoms with van der Waals surface area (Å²) in [6.45, 7) is 0.155. The van der Waals surface area contributed by atoms with Crippen molar-refractivity contribution in [1.82, 2.24) is 5.32 Å². The van der Waals surface area contributed by atoms with E-state index in [0.717, 1.165) is 12.1 Å². The maximum atomic E-state index is 13.1. The Morgan fingerprint density at radius 1 is 1.00 bits per heavy atom. The van der Waals surface area contributed by atoms with Gasteiger partial charge in [0.25, 0.3) is 11.8 Å². The smallest absolute Gasteiger partial charge is 0.416 e. The van der Waals surface area contributed by atoms with Gasteiger partial charge in [0.2, 0.25) is 0 Å². The number of nitrogens with two attached hydrogens (primary N) is 1. The van der Waals surface area contributed by atoms with Crippen LogP contribution in [0.15, 0.2) is 71.1 Å². The Kier molecular flexibility index (Phi) is 7.37. The number of nitrogens with one attached hydrogen (secondary N) is 1. The van der Waals surface area contributed by atoms with Crippen LogP contribution in [0.1, 0.15) is 37.6 Å². The molecule has 4 aromatic rings. The molecule has 1 aromatic heterocycles. The minimum absolute atomic E-state index is 0.0387. The van der Waals surface area contributed by atoms with Gasteiger partial charge in [0.05, 0.1) is 17.7 Å². The Balaban J connectivity index is 1.43. The Labute approximate surface area is 209 Å². The van der Waals surface area contributed by atoms with Crippen LogP contribution in [0.25, 0.3) is 11.0 Å². The number of carbonyl (C=O) groups excluding carboxylic acids is 2. The van der Waals surface area contributed by atoms with E-state index in [1.807, 2.05) is 0 Å². The third kappa shape index (κ3) is 6.03. The van der Waals surface area contributed by atoms with Crippen molar-refractivity contribution in [1.29, 1.82) is 0 Å². The van der Waals surface area contributed by atoms with Crippen molar-refractivity contribution in [3.8, 4) is 11.5 Å². The number of aromatic hydroxyl groups is 1. The molecule has 3 aromatic carbocycles. The van der Waals surface area contributed by atoms with Crippen LogP contribution in [0.3, 0.4) is 0 Å². The van der Waals surface area contributed by atoms with Crippen molar-refractivity contribution >= 4 is 22.8 Å². The summed E-state index contributed by atoms with van der Waals surface area (Å²) >= 11 is 0. The Morgan fingerprint density at radius 3 is 2.51 bits per heavy atom. The molecule has 0 atom stereocenters. The molecule has 1 heterocycles. The van der Waals surface area contributed by atoms with Crippen molar-refractivity contribution in [2.75, 3.05) is 13.2 Å². The van der Waals surface area contributed by atoms with E-state index in [2.05, 4.69) is 5.32 Å². The summed E-state index contributed by atoms with van der Waals surface area (Å²) in [5.41, 5.74) is 5.97. The van der Waals surface area contributed by atoms with E-state index in [1.165, 1.54) is 24.3 Å². The lowest BCUT2D eigenvalue weighted by atomic mass is 10.00. The largest absolute Gasteiger partial charge is 0.507 e. The molecular weight excluding hydrogens is 489 g/mol. The van der Waals surface area contributed by atoms with Gasteiger partial charge in [-0.05, 0) is 42.7 Å². The number of ether oxygens (including phenoxy) is 1. The SMILES string of the molecule is NC(=O)c1ccc(OCCNC(=O)c2oc3ccccc3c2CCc2cccc(C(F)(F)F)c2)cc1O. The molecule has 192 valence electrons. The Bertz CT molecular complexity index is 1450. The highest BCUT2D eigenvalue weighted by Gasteiger charge is 2.30. The topological polar surface area (TPSA) is 115 Å². The summed E-state index contributed by atoms with van der Waals surface area (Å²) in [5, 5.41) is 13.2. The van der Waals surface area contributed by atoms with Gasteiger partial charge in [0, 0.05) is 17.0 Å². The lowest BCUT2D eigenvalue weighted by Crippen LogP contribution is -2.28. The fourth-order valence-electron chi connectivity index (χ4n) is 3.93. The summed E-state index contributed by atoms with van der Waals surface area (Å²) in [5.74, 6) is -1.22. The first-order valence-corrected chi connectivity index (χ1v) is 11.3. The summed E-state index contributed by atoms with van der Waals surface area (Å²) in [4.78, 5) is 24.1. The van der Waals surface area contributed by atoms with Gasteiger partial charge >= 0.3 is 6.18 Å². The van der Waals surface area contributed by atoms with Crippen LogP contribution in [-0.4, -0.2) is 30.1 Å². The number of hydrogen-bond donors (Lipinski definition) is 3. The highest BCUT2D eigenvalue weighted by Crippen LogP contribution is 2.31. The standard InChI is InChI=1S/C27H23F3N2O5/c28-27(29,30)17-5-3-4-16(14-17)8-10-20-19-6-1-2-7-23(19)37-24(20)26(35)32-12-13-36-18-9-11-21(25(31)34)22(33)15-18/h1-7,9,11,14-15,33H,8,10,12-13H2,(H2,31,34)(H,32,35). The number of amides is 2. The third-order valence-electron chi connectivity index (χ3n) is 5.71. The van der Waals surface area contributed by atoms with Crippen LogP contribution in [0.4, 0.5) is 13.2 Å². The number of rotatable bonds is 9. The highest BCUT2D eigenvalue weighted by atomic mass is 19.4. The second-order valence-electron chi connectivity index (χ2n) is 8.25. The molecule has 37 heavy (non-hydrogen) atoms. The lowest BCUT2D eigenvalue weighted by Gasteiger charge is -2.10. The van der Waals surface area contributed by atoms with Crippen LogP contribution < -0.4 is 15.8 Å². The molecule has 0 aliphatic carbocycles. The summed E-state index contributed by atoms with van der Waals surface area (Å²) in [7, 11) is 0. The van der Waals surface area contributed by atoms with E-state index in [9.17, 15) is 27.9 Å². The lowest BCUT2D eigenvalue weighted by molar-refractivity contribution is -0.137. The van der Waals surface area contributed by atoms with Gasteiger partial charge in [-0.3, -0.25) is 9.59 Å². The number of primary amides is 1. The number of benzene rings is 3. The van der Waals surface area contributed by atoms with Gasteiger partial charge in [-0.25, -0.2) is 0 Å². The molecule has 0 unspecified atom stereocenters. The minimum Gasteiger partial charge on any atom is -0.507 e. The normalized spacial score (nSPS) is 11.4. The van der Waals surface area contributed by atoms with Crippen molar-refractivity contribution in [2.24, 2.45) is 5.73 Å². The maximum Gasteiger partial charge on any atom is 0.416 e. The number of alkyl halides is 3. The van der Waals surface area contributed by atoms with Crippen LogP contribution in [-0.2, 0) is 19.0 Å². The average Bonchev–Trinajstić information content (AvgIpc) is 3.23. The number of para-hydroxylation sites is 1. The van der Waals surface area contributed by atoms with Gasteiger partial charge in [-0.1, -0.05) is 36.4 Å². The fourth-order valence-corrected chi connectivity index (χ4v) is 3.93. The molecule has 0 aliphatic heterocycles. The van der Waals surface area contributed by atoms with Crippen molar-refractivity contribution in [3.63, 3.8) is 0 Å². The van der Waals surface area contributed by atoms with Crippen molar-refractivity contribution in [3.05, 3.63) is 94.7 Å². The number of halogens is 3. The van der Waals surface area contributed by atoms with Gasteiger partial charge in [-0.2, -0.15) is 13.2 Å².